The Labute approximate surface area is 114 Å². The number of morpholine rings is 1. The van der Waals surface area contributed by atoms with E-state index in [-0.39, 0.29) is 18.1 Å². The number of carbonyl (C=O) groups is 1. The molecule has 1 aliphatic heterocycles. The van der Waals surface area contributed by atoms with Gasteiger partial charge in [-0.1, -0.05) is 29.8 Å². The number of nitrogens with zero attached hydrogens (tertiary/aromatic N) is 1. The second-order valence-corrected chi connectivity index (χ2v) is 5.37. The van der Waals surface area contributed by atoms with Crippen LogP contribution >= 0.6 is 0 Å². The maximum absolute atomic E-state index is 12.5. The van der Waals surface area contributed by atoms with Gasteiger partial charge in [0.25, 0.3) is 0 Å². The van der Waals surface area contributed by atoms with E-state index >= 15 is 0 Å². The van der Waals surface area contributed by atoms with E-state index in [4.69, 9.17) is 10.5 Å². The molecule has 0 spiro atoms. The van der Waals surface area contributed by atoms with Gasteiger partial charge in [0.1, 0.15) is 6.04 Å². The minimum atomic E-state index is -0.589. The Morgan fingerprint density at radius 1 is 1.37 bits per heavy atom. The summed E-state index contributed by atoms with van der Waals surface area (Å²) in [4.78, 5) is 14.3. The molecule has 4 nitrogen and oxygen atoms in total. The highest BCUT2D eigenvalue weighted by atomic mass is 16.5. The van der Waals surface area contributed by atoms with Crippen LogP contribution in [0.2, 0.25) is 0 Å². The summed E-state index contributed by atoms with van der Waals surface area (Å²) in [6.07, 6.45) is 0.0744. The normalized spacial score (nSPS) is 25.2. The first-order chi connectivity index (χ1) is 8.99. The summed E-state index contributed by atoms with van der Waals surface area (Å²) < 4.78 is 5.54. The molecule has 1 aromatic rings. The monoisotopic (exact) mass is 262 g/mol. The number of hydrogen-bond donors (Lipinski definition) is 1. The molecule has 0 aliphatic carbocycles. The Balaban J connectivity index is 2.11. The molecule has 104 valence electrons. The van der Waals surface area contributed by atoms with Crippen molar-refractivity contribution in [3.8, 4) is 0 Å². The van der Waals surface area contributed by atoms with E-state index in [2.05, 4.69) is 0 Å². The zero-order valence-electron chi connectivity index (χ0n) is 11.8. The highest BCUT2D eigenvalue weighted by Gasteiger charge is 2.31. The van der Waals surface area contributed by atoms with E-state index in [1.807, 2.05) is 49.9 Å². The van der Waals surface area contributed by atoms with Crippen LogP contribution in [0, 0.1) is 6.92 Å². The average Bonchev–Trinajstić information content (AvgIpc) is 2.41. The zero-order chi connectivity index (χ0) is 14.0. The Morgan fingerprint density at radius 2 is 2.00 bits per heavy atom. The van der Waals surface area contributed by atoms with Crippen molar-refractivity contribution in [1.29, 1.82) is 0 Å². The fourth-order valence-electron chi connectivity index (χ4n) is 2.31. The highest BCUT2D eigenvalue weighted by Crippen LogP contribution is 2.19. The van der Waals surface area contributed by atoms with Crippen LogP contribution in [0.5, 0.6) is 0 Å². The molecule has 1 aliphatic rings. The van der Waals surface area contributed by atoms with Gasteiger partial charge in [-0.05, 0) is 26.3 Å². The summed E-state index contributed by atoms with van der Waals surface area (Å²) >= 11 is 0. The standard InChI is InChI=1S/C15H22N2O2/c1-10-4-6-13(7-5-10)14(16)15(18)17-8-12(3)19-9-11(17)2/h4-7,11-12,14H,8-9,16H2,1-3H3. The van der Waals surface area contributed by atoms with E-state index in [0.29, 0.717) is 13.2 Å². The second-order valence-electron chi connectivity index (χ2n) is 5.37. The maximum Gasteiger partial charge on any atom is 0.244 e. The van der Waals surface area contributed by atoms with Gasteiger partial charge < -0.3 is 15.4 Å². The molecule has 0 saturated carbocycles. The largest absolute Gasteiger partial charge is 0.375 e. The quantitative estimate of drug-likeness (QED) is 0.881. The third-order valence-corrected chi connectivity index (χ3v) is 3.59. The molecule has 2 rings (SSSR count). The van der Waals surface area contributed by atoms with Crippen LogP contribution in [0.15, 0.2) is 24.3 Å². The molecule has 1 amide bonds. The average molecular weight is 262 g/mol. The van der Waals surface area contributed by atoms with E-state index in [1.165, 1.54) is 0 Å². The molecule has 3 unspecified atom stereocenters. The van der Waals surface area contributed by atoms with E-state index in [0.717, 1.165) is 11.1 Å². The molecule has 1 fully saturated rings. The van der Waals surface area contributed by atoms with Crippen LogP contribution in [-0.2, 0) is 9.53 Å². The molecule has 1 heterocycles. The molecular formula is C15H22N2O2. The van der Waals surface area contributed by atoms with Crippen LogP contribution in [0.1, 0.15) is 31.0 Å². The summed E-state index contributed by atoms with van der Waals surface area (Å²) in [5.74, 6) is -0.0218. The van der Waals surface area contributed by atoms with Gasteiger partial charge >= 0.3 is 0 Å². The van der Waals surface area contributed by atoms with Gasteiger partial charge in [-0.15, -0.1) is 0 Å². The molecule has 4 heteroatoms. The van der Waals surface area contributed by atoms with Gasteiger partial charge in [-0.3, -0.25) is 4.79 Å². The zero-order valence-corrected chi connectivity index (χ0v) is 11.8. The third-order valence-electron chi connectivity index (χ3n) is 3.59. The maximum atomic E-state index is 12.5. The number of hydrogen-bond acceptors (Lipinski definition) is 3. The fourth-order valence-corrected chi connectivity index (χ4v) is 2.31. The Bertz CT molecular complexity index is 444. The highest BCUT2D eigenvalue weighted by molar-refractivity contribution is 5.83. The van der Waals surface area contributed by atoms with Gasteiger partial charge in [-0.25, -0.2) is 0 Å². The number of rotatable bonds is 2. The molecule has 19 heavy (non-hydrogen) atoms. The fraction of sp³-hybridized carbons (Fsp3) is 0.533. The number of nitrogens with two attached hydrogens (primary N) is 1. The molecule has 3 atom stereocenters. The number of amides is 1. The van der Waals surface area contributed by atoms with E-state index < -0.39 is 6.04 Å². The van der Waals surface area contributed by atoms with Gasteiger partial charge in [-0.2, -0.15) is 0 Å². The van der Waals surface area contributed by atoms with Crippen molar-refractivity contribution < 1.29 is 9.53 Å². The number of benzene rings is 1. The van der Waals surface area contributed by atoms with Crippen LogP contribution in [0.3, 0.4) is 0 Å². The van der Waals surface area contributed by atoms with Crippen LogP contribution in [0.4, 0.5) is 0 Å². The molecule has 1 saturated heterocycles. The third kappa shape index (κ3) is 3.14. The molecule has 1 aromatic carbocycles. The van der Waals surface area contributed by atoms with Crippen LogP contribution < -0.4 is 5.73 Å². The molecule has 0 aromatic heterocycles. The van der Waals surface area contributed by atoms with Crippen molar-refractivity contribution in [1.82, 2.24) is 4.90 Å². The lowest BCUT2D eigenvalue weighted by molar-refractivity contribution is -0.144. The Hall–Kier alpha value is -1.39. The van der Waals surface area contributed by atoms with Crippen molar-refractivity contribution in [3.05, 3.63) is 35.4 Å². The van der Waals surface area contributed by atoms with Crippen molar-refractivity contribution in [2.24, 2.45) is 5.73 Å². The van der Waals surface area contributed by atoms with Gasteiger partial charge in [0, 0.05) is 6.54 Å². The van der Waals surface area contributed by atoms with Gasteiger partial charge in [0.15, 0.2) is 0 Å². The van der Waals surface area contributed by atoms with E-state index in [1.54, 1.807) is 0 Å². The van der Waals surface area contributed by atoms with Crippen molar-refractivity contribution in [3.63, 3.8) is 0 Å². The molecule has 0 radical (unpaired) electrons. The predicted molar refractivity (Wildman–Crippen MR) is 74.7 cm³/mol. The number of ether oxygens (including phenoxy) is 1. The first-order valence-electron chi connectivity index (χ1n) is 6.73. The predicted octanol–water partition coefficient (Wildman–Crippen LogP) is 1.63. The first kappa shape index (κ1) is 14.0. The minimum absolute atomic E-state index is 0.0218. The topological polar surface area (TPSA) is 55.6 Å². The van der Waals surface area contributed by atoms with Crippen LogP contribution in [0.25, 0.3) is 0 Å². The van der Waals surface area contributed by atoms with Gasteiger partial charge in [0.2, 0.25) is 5.91 Å². The number of aryl methyl sites for hydroxylation is 1. The summed E-state index contributed by atoms with van der Waals surface area (Å²) in [5, 5.41) is 0. The summed E-state index contributed by atoms with van der Waals surface area (Å²) in [6.45, 7) is 7.17. The smallest absolute Gasteiger partial charge is 0.244 e. The van der Waals surface area contributed by atoms with Gasteiger partial charge in [0.05, 0.1) is 18.8 Å². The van der Waals surface area contributed by atoms with Crippen molar-refractivity contribution in [2.75, 3.05) is 13.2 Å². The summed E-state index contributed by atoms with van der Waals surface area (Å²) in [5.41, 5.74) is 8.12. The Morgan fingerprint density at radius 3 is 2.63 bits per heavy atom. The van der Waals surface area contributed by atoms with E-state index in [9.17, 15) is 4.79 Å². The molecule has 2 N–H and O–H groups in total. The molecular weight excluding hydrogens is 240 g/mol. The lowest BCUT2D eigenvalue weighted by Crippen LogP contribution is -2.52. The lowest BCUT2D eigenvalue weighted by atomic mass is 10.0. The minimum Gasteiger partial charge on any atom is -0.375 e. The summed E-state index contributed by atoms with van der Waals surface area (Å²) in [6, 6.07) is 7.30. The Kier molecular flexibility index (Phi) is 4.22. The lowest BCUT2D eigenvalue weighted by Gasteiger charge is -2.38. The number of carbonyl (C=O) groups excluding carboxylic acids is 1. The van der Waals surface area contributed by atoms with Crippen LogP contribution in [-0.4, -0.2) is 36.1 Å². The second kappa shape index (κ2) is 5.72. The SMILES string of the molecule is Cc1ccc(C(N)C(=O)N2CC(C)OCC2C)cc1. The first-order valence-corrected chi connectivity index (χ1v) is 6.73. The van der Waals surface area contributed by atoms with Crippen molar-refractivity contribution >= 4 is 5.91 Å². The molecule has 0 bridgehead atoms. The van der Waals surface area contributed by atoms with Crippen molar-refractivity contribution in [2.45, 2.75) is 39.0 Å². The summed E-state index contributed by atoms with van der Waals surface area (Å²) in [7, 11) is 0.